The molecular weight excluding hydrogens is 282 g/mol. The van der Waals surface area contributed by atoms with Crippen LogP contribution in [0.25, 0.3) is 0 Å². The predicted molar refractivity (Wildman–Crippen MR) is 81.4 cm³/mol. The number of rotatable bonds is 4. The molecule has 3 N–H and O–H groups in total. The molecule has 0 unspecified atom stereocenters. The highest BCUT2D eigenvalue weighted by molar-refractivity contribution is 5.90. The van der Waals surface area contributed by atoms with E-state index in [2.05, 4.69) is 32.4 Å². The van der Waals surface area contributed by atoms with Gasteiger partial charge in [-0.25, -0.2) is 4.98 Å². The number of nitrogens with one attached hydrogen (secondary N) is 2. The summed E-state index contributed by atoms with van der Waals surface area (Å²) in [6.45, 7) is 2.20. The van der Waals surface area contributed by atoms with Crippen LogP contribution in [0.15, 0.2) is 12.2 Å². The van der Waals surface area contributed by atoms with E-state index in [1.807, 2.05) is 12.2 Å². The molecule has 1 fully saturated rings. The van der Waals surface area contributed by atoms with Gasteiger partial charge in [0, 0.05) is 24.5 Å². The molecular formula is C15H23N5O2. The molecule has 7 heteroatoms. The maximum Gasteiger partial charge on any atom is 0.291 e. The average Bonchev–Trinajstić information content (AvgIpc) is 3.17. The molecule has 3 rings (SSSR count). The van der Waals surface area contributed by atoms with E-state index in [9.17, 15) is 4.79 Å². The first-order chi connectivity index (χ1) is 10.7. The molecule has 1 amide bonds. The van der Waals surface area contributed by atoms with Gasteiger partial charge in [-0.1, -0.05) is 12.2 Å². The van der Waals surface area contributed by atoms with Crippen molar-refractivity contribution in [2.24, 2.45) is 5.92 Å². The number of aromatic nitrogens is 3. The van der Waals surface area contributed by atoms with Crippen LogP contribution in [0.1, 0.15) is 41.6 Å². The number of hydrogen-bond donors (Lipinski definition) is 3. The second-order valence-electron chi connectivity index (χ2n) is 6.27. The molecule has 120 valence electrons. The number of likely N-dealkylation sites (tertiary alicyclic amines) is 1. The fourth-order valence-electron chi connectivity index (χ4n) is 3.09. The van der Waals surface area contributed by atoms with E-state index in [1.165, 1.54) is 0 Å². The molecule has 1 saturated heterocycles. The Labute approximate surface area is 129 Å². The summed E-state index contributed by atoms with van der Waals surface area (Å²) >= 11 is 0. The minimum atomic E-state index is -0.260. The van der Waals surface area contributed by atoms with Crippen LogP contribution in [0.4, 0.5) is 0 Å². The first kappa shape index (κ1) is 15.2. The second-order valence-corrected chi connectivity index (χ2v) is 6.27. The molecule has 0 radical (unpaired) electrons. The van der Waals surface area contributed by atoms with Gasteiger partial charge >= 0.3 is 0 Å². The highest BCUT2D eigenvalue weighted by Gasteiger charge is 2.25. The number of hydrogen-bond acceptors (Lipinski definition) is 5. The molecule has 7 nitrogen and oxygen atoms in total. The second kappa shape index (κ2) is 6.58. The lowest BCUT2D eigenvalue weighted by molar-refractivity contribution is 0.0931. The molecule has 2 atom stereocenters. The summed E-state index contributed by atoms with van der Waals surface area (Å²) in [6.07, 6.45) is 6.66. The summed E-state index contributed by atoms with van der Waals surface area (Å²) in [7, 11) is 2.12. The van der Waals surface area contributed by atoms with Crippen molar-refractivity contribution in [2.45, 2.75) is 31.2 Å². The van der Waals surface area contributed by atoms with Crippen LogP contribution in [0, 0.1) is 5.92 Å². The Morgan fingerprint density at radius 3 is 2.91 bits per heavy atom. The van der Waals surface area contributed by atoms with Crippen LogP contribution in [0.3, 0.4) is 0 Å². The van der Waals surface area contributed by atoms with E-state index < -0.39 is 0 Å². The van der Waals surface area contributed by atoms with Crippen molar-refractivity contribution in [2.75, 3.05) is 26.7 Å². The van der Waals surface area contributed by atoms with Gasteiger partial charge in [-0.2, -0.15) is 0 Å². The summed E-state index contributed by atoms with van der Waals surface area (Å²) in [5, 5.41) is 19.0. The standard InChI is InChI=1S/C15H23N5O2/c1-20-6-4-11(5-7-20)13-17-14(19-18-13)15(22)16-12-3-2-10(8-12)9-21/h2-3,10-12,21H,4-9H2,1H3,(H,16,22)(H,17,18,19)/t10-,12+/m0/s1. The van der Waals surface area contributed by atoms with Gasteiger partial charge in [0.25, 0.3) is 5.91 Å². The van der Waals surface area contributed by atoms with Gasteiger partial charge in [0.15, 0.2) is 0 Å². The van der Waals surface area contributed by atoms with Crippen molar-refractivity contribution in [3.8, 4) is 0 Å². The quantitative estimate of drug-likeness (QED) is 0.695. The fraction of sp³-hybridized carbons (Fsp3) is 0.667. The third-order valence-corrected chi connectivity index (χ3v) is 4.53. The van der Waals surface area contributed by atoms with Gasteiger partial charge in [-0.3, -0.25) is 9.89 Å². The summed E-state index contributed by atoms with van der Waals surface area (Å²) in [6, 6.07) is -0.0464. The third kappa shape index (κ3) is 3.36. The Morgan fingerprint density at radius 1 is 1.45 bits per heavy atom. The molecule has 2 heterocycles. The van der Waals surface area contributed by atoms with Crippen molar-refractivity contribution in [1.82, 2.24) is 25.4 Å². The number of H-pyrrole nitrogens is 1. The first-order valence-corrected chi connectivity index (χ1v) is 7.86. The number of nitrogens with zero attached hydrogens (tertiary/aromatic N) is 3. The van der Waals surface area contributed by atoms with Crippen molar-refractivity contribution in [1.29, 1.82) is 0 Å². The normalized spacial score (nSPS) is 26.5. The summed E-state index contributed by atoms with van der Waals surface area (Å²) in [4.78, 5) is 18.8. The molecule has 1 aliphatic carbocycles. The highest BCUT2D eigenvalue weighted by Crippen LogP contribution is 2.24. The monoisotopic (exact) mass is 305 g/mol. The maximum atomic E-state index is 12.2. The number of aromatic amines is 1. The number of carbonyl (C=O) groups excluding carboxylic acids is 1. The van der Waals surface area contributed by atoms with E-state index in [1.54, 1.807) is 0 Å². The fourth-order valence-corrected chi connectivity index (χ4v) is 3.09. The van der Waals surface area contributed by atoms with Crippen LogP contribution in [-0.4, -0.2) is 63.9 Å². The zero-order chi connectivity index (χ0) is 15.5. The van der Waals surface area contributed by atoms with Crippen LogP contribution < -0.4 is 5.32 Å². The SMILES string of the molecule is CN1CCC(c2nc(C(=O)N[C@@H]3C=C[C@H](CO)C3)n[nH]2)CC1. The van der Waals surface area contributed by atoms with Gasteiger partial charge < -0.3 is 15.3 Å². The Kier molecular flexibility index (Phi) is 4.54. The molecule has 22 heavy (non-hydrogen) atoms. The maximum absolute atomic E-state index is 12.2. The largest absolute Gasteiger partial charge is 0.396 e. The van der Waals surface area contributed by atoms with Crippen molar-refractivity contribution in [3.05, 3.63) is 23.8 Å². The zero-order valence-electron chi connectivity index (χ0n) is 12.8. The molecule has 1 aromatic heterocycles. The number of carbonyl (C=O) groups is 1. The van der Waals surface area contributed by atoms with Crippen molar-refractivity contribution >= 4 is 5.91 Å². The number of piperidine rings is 1. The van der Waals surface area contributed by atoms with Gasteiger partial charge in [0.05, 0.1) is 0 Å². The highest BCUT2D eigenvalue weighted by atomic mass is 16.3. The summed E-state index contributed by atoms with van der Waals surface area (Å²) in [5.74, 6) is 1.24. The molecule has 0 spiro atoms. The zero-order valence-corrected chi connectivity index (χ0v) is 12.8. The molecule has 1 aliphatic heterocycles. The van der Waals surface area contributed by atoms with Crippen molar-refractivity contribution < 1.29 is 9.90 Å². The van der Waals surface area contributed by atoms with Gasteiger partial charge in [-0.15, -0.1) is 5.10 Å². The minimum Gasteiger partial charge on any atom is -0.396 e. The molecule has 1 aromatic rings. The van der Waals surface area contributed by atoms with E-state index in [0.29, 0.717) is 5.92 Å². The summed E-state index contributed by atoms with van der Waals surface area (Å²) in [5.41, 5.74) is 0. The van der Waals surface area contributed by atoms with Crippen LogP contribution in [0.5, 0.6) is 0 Å². The van der Waals surface area contributed by atoms with Gasteiger partial charge in [0.2, 0.25) is 5.82 Å². The van der Waals surface area contributed by atoms with E-state index in [4.69, 9.17) is 5.11 Å². The smallest absolute Gasteiger partial charge is 0.291 e. The first-order valence-electron chi connectivity index (χ1n) is 7.86. The Hall–Kier alpha value is -1.73. The van der Waals surface area contributed by atoms with E-state index >= 15 is 0 Å². The van der Waals surface area contributed by atoms with Crippen molar-refractivity contribution in [3.63, 3.8) is 0 Å². The Morgan fingerprint density at radius 2 is 2.23 bits per heavy atom. The Bertz CT molecular complexity index is 548. The lowest BCUT2D eigenvalue weighted by atomic mass is 9.97. The van der Waals surface area contributed by atoms with E-state index in [-0.39, 0.29) is 30.3 Å². The number of aliphatic hydroxyl groups is 1. The molecule has 2 aliphatic rings. The lowest BCUT2D eigenvalue weighted by Crippen LogP contribution is -2.33. The van der Waals surface area contributed by atoms with Crippen LogP contribution >= 0.6 is 0 Å². The van der Waals surface area contributed by atoms with E-state index in [0.717, 1.165) is 38.2 Å². The number of amides is 1. The van der Waals surface area contributed by atoms with Gasteiger partial charge in [0.1, 0.15) is 5.82 Å². The van der Waals surface area contributed by atoms with Crippen LogP contribution in [-0.2, 0) is 0 Å². The summed E-state index contributed by atoms with van der Waals surface area (Å²) < 4.78 is 0. The number of aliphatic hydroxyl groups excluding tert-OH is 1. The molecule has 0 bridgehead atoms. The molecule has 0 saturated carbocycles. The topological polar surface area (TPSA) is 94.1 Å². The van der Waals surface area contributed by atoms with Crippen LogP contribution in [0.2, 0.25) is 0 Å². The minimum absolute atomic E-state index is 0.0464. The predicted octanol–water partition coefficient (Wildman–Crippen LogP) is 0.281. The Balaban J connectivity index is 1.57. The van der Waals surface area contributed by atoms with Gasteiger partial charge in [-0.05, 0) is 39.4 Å². The molecule has 0 aromatic carbocycles. The average molecular weight is 305 g/mol. The lowest BCUT2D eigenvalue weighted by Gasteiger charge is -2.27. The third-order valence-electron chi connectivity index (χ3n) is 4.53.